The van der Waals surface area contributed by atoms with Gasteiger partial charge in [-0.05, 0) is 35.8 Å². The molecule has 2 aromatic heterocycles. The first-order valence-corrected chi connectivity index (χ1v) is 12.1. The molecular weight excluding hydrogens is 428 g/mol. The second-order valence-corrected chi connectivity index (χ2v) is 9.68. The third kappa shape index (κ3) is 4.08. The topological polar surface area (TPSA) is 109 Å². The lowest BCUT2D eigenvalue weighted by atomic mass is 9.86. The molecule has 1 aliphatic heterocycles. The quantitative estimate of drug-likeness (QED) is 0.470. The van der Waals surface area contributed by atoms with Gasteiger partial charge in [0.25, 0.3) is 0 Å². The van der Waals surface area contributed by atoms with Crippen molar-refractivity contribution in [2.75, 3.05) is 31.6 Å². The summed E-state index contributed by atoms with van der Waals surface area (Å²) in [5.41, 5.74) is 10.4. The molecule has 8 heteroatoms. The molecule has 1 saturated heterocycles. The predicted molar refractivity (Wildman–Crippen MR) is 131 cm³/mol. The lowest BCUT2D eigenvalue weighted by Gasteiger charge is -2.29. The highest BCUT2D eigenvalue weighted by Gasteiger charge is 2.45. The van der Waals surface area contributed by atoms with Crippen LogP contribution < -0.4 is 11.1 Å². The number of nitrogens with one attached hydrogen (secondary N) is 2. The molecule has 4 atom stereocenters. The Morgan fingerprint density at radius 2 is 1.94 bits per heavy atom. The van der Waals surface area contributed by atoms with Crippen molar-refractivity contribution < 1.29 is 9.53 Å². The van der Waals surface area contributed by atoms with Crippen molar-refractivity contribution in [1.82, 2.24) is 19.9 Å². The molecule has 1 amide bonds. The zero-order chi connectivity index (χ0) is 23.1. The first-order valence-electron chi connectivity index (χ1n) is 12.1. The number of hydrogen-bond donors (Lipinski definition) is 3. The van der Waals surface area contributed by atoms with E-state index in [0.29, 0.717) is 23.9 Å². The molecule has 3 heterocycles. The van der Waals surface area contributed by atoms with Crippen LogP contribution in [-0.2, 0) is 16.1 Å². The molecule has 0 radical (unpaired) electrons. The molecule has 4 unspecified atom stereocenters. The van der Waals surface area contributed by atoms with Crippen molar-refractivity contribution in [2.24, 2.45) is 23.5 Å². The van der Waals surface area contributed by atoms with Crippen molar-refractivity contribution in [2.45, 2.75) is 25.4 Å². The number of benzene rings is 1. The molecular formula is C26H30N6O2. The van der Waals surface area contributed by atoms with E-state index in [9.17, 15) is 4.79 Å². The molecule has 6 rings (SSSR count). The van der Waals surface area contributed by atoms with Crippen molar-refractivity contribution in [1.29, 1.82) is 0 Å². The Bertz CT molecular complexity index is 1210. The number of aromatic nitrogens is 3. The number of hydrogen-bond acceptors (Lipinski definition) is 6. The number of morpholine rings is 1. The third-order valence-corrected chi connectivity index (χ3v) is 7.51. The molecule has 4 N–H and O–H groups in total. The number of carbonyl (C=O) groups excluding carboxylic acids is 1. The SMILES string of the molecule is NC(=O)CC1C2C=CC(C2)C1Nc1ccnc2nc(-c3ccc(CN4CCOCC4)cc3)[nH]c12. The summed E-state index contributed by atoms with van der Waals surface area (Å²) in [6, 6.07) is 10.7. The second-order valence-electron chi connectivity index (χ2n) is 9.68. The van der Waals surface area contributed by atoms with Crippen LogP contribution in [0.5, 0.6) is 0 Å². The standard InChI is InChI=1S/C26H30N6O2/c27-22(33)14-20-18-5-6-19(13-18)23(20)29-21-7-8-28-26-24(21)30-25(31-26)17-3-1-16(2-4-17)15-32-9-11-34-12-10-32/h1-8,18-20,23H,9-15H2,(H2,27,33)(H2,28,29,30,31). The number of ether oxygens (including phenoxy) is 1. The monoisotopic (exact) mass is 458 g/mol. The van der Waals surface area contributed by atoms with Crippen LogP contribution in [0.3, 0.4) is 0 Å². The maximum Gasteiger partial charge on any atom is 0.217 e. The van der Waals surface area contributed by atoms with Crippen LogP contribution in [-0.4, -0.2) is 58.1 Å². The number of pyridine rings is 1. The summed E-state index contributed by atoms with van der Waals surface area (Å²) in [6.45, 7) is 4.51. The van der Waals surface area contributed by atoms with Gasteiger partial charge in [0, 0.05) is 43.9 Å². The summed E-state index contributed by atoms with van der Waals surface area (Å²) in [6.07, 6.45) is 7.79. The Balaban J connectivity index is 1.22. The number of anilines is 1. The zero-order valence-electron chi connectivity index (χ0n) is 19.1. The molecule has 3 aromatic rings. The van der Waals surface area contributed by atoms with Gasteiger partial charge in [-0.1, -0.05) is 36.4 Å². The van der Waals surface area contributed by atoms with Crippen molar-refractivity contribution in [3.63, 3.8) is 0 Å². The van der Waals surface area contributed by atoms with Crippen LogP contribution in [0.15, 0.2) is 48.7 Å². The van der Waals surface area contributed by atoms with Gasteiger partial charge >= 0.3 is 0 Å². The van der Waals surface area contributed by atoms with E-state index in [4.69, 9.17) is 15.5 Å². The van der Waals surface area contributed by atoms with Gasteiger partial charge in [-0.2, -0.15) is 0 Å². The van der Waals surface area contributed by atoms with Crippen LogP contribution in [0.4, 0.5) is 5.69 Å². The third-order valence-electron chi connectivity index (χ3n) is 7.51. The van der Waals surface area contributed by atoms with Gasteiger partial charge in [0.1, 0.15) is 11.3 Å². The lowest BCUT2D eigenvalue weighted by molar-refractivity contribution is -0.119. The number of rotatable bonds is 7. The molecule has 2 bridgehead atoms. The maximum absolute atomic E-state index is 11.7. The number of nitrogens with zero attached hydrogens (tertiary/aromatic N) is 3. The fourth-order valence-electron chi connectivity index (χ4n) is 5.78. The molecule has 2 aliphatic carbocycles. The number of primary amides is 1. The average Bonchev–Trinajstić information content (AvgIpc) is 3.56. The number of imidazole rings is 1. The van der Waals surface area contributed by atoms with E-state index in [1.807, 2.05) is 6.07 Å². The van der Waals surface area contributed by atoms with E-state index in [1.54, 1.807) is 6.20 Å². The minimum Gasteiger partial charge on any atom is -0.380 e. The van der Waals surface area contributed by atoms with E-state index >= 15 is 0 Å². The summed E-state index contributed by atoms with van der Waals surface area (Å²) < 4.78 is 5.44. The highest BCUT2D eigenvalue weighted by Crippen LogP contribution is 2.46. The molecule has 8 nitrogen and oxygen atoms in total. The highest BCUT2D eigenvalue weighted by atomic mass is 16.5. The van der Waals surface area contributed by atoms with E-state index in [1.165, 1.54) is 5.56 Å². The first kappa shape index (κ1) is 21.3. The van der Waals surface area contributed by atoms with Crippen LogP contribution in [0.2, 0.25) is 0 Å². The minimum absolute atomic E-state index is 0.180. The van der Waals surface area contributed by atoms with Gasteiger partial charge < -0.3 is 20.8 Å². The molecule has 1 aromatic carbocycles. The fourth-order valence-corrected chi connectivity index (χ4v) is 5.78. The van der Waals surface area contributed by atoms with Gasteiger partial charge in [0.2, 0.25) is 5.91 Å². The second kappa shape index (κ2) is 8.85. The van der Waals surface area contributed by atoms with Crippen LogP contribution in [0.1, 0.15) is 18.4 Å². The van der Waals surface area contributed by atoms with Gasteiger partial charge in [-0.15, -0.1) is 0 Å². The van der Waals surface area contributed by atoms with Crippen molar-refractivity contribution in [3.8, 4) is 11.4 Å². The summed E-state index contributed by atoms with van der Waals surface area (Å²) in [5.74, 6) is 1.62. The number of H-pyrrole nitrogens is 1. The highest BCUT2D eigenvalue weighted by molar-refractivity contribution is 5.88. The van der Waals surface area contributed by atoms with Crippen molar-refractivity contribution >= 4 is 22.8 Å². The predicted octanol–water partition coefficient (Wildman–Crippen LogP) is 2.94. The molecule has 1 saturated carbocycles. The van der Waals surface area contributed by atoms with Crippen molar-refractivity contribution in [3.05, 3.63) is 54.2 Å². The number of aromatic amines is 1. The number of allylic oxidation sites excluding steroid dienone is 1. The zero-order valence-corrected chi connectivity index (χ0v) is 19.1. The van der Waals surface area contributed by atoms with Gasteiger partial charge in [0.05, 0.1) is 18.9 Å². The fraction of sp³-hybridized carbons (Fsp3) is 0.423. The van der Waals surface area contributed by atoms with Gasteiger partial charge in [0.15, 0.2) is 5.65 Å². The largest absolute Gasteiger partial charge is 0.380 e. The molecule has 34 heavy (non-hydrogen) atoms. The lowest BCUT2D eigenvalue weighted by Crippen LogP contribution is -2.35. The summed E-state index contributed by atoms with van der Waals surface area (Å²) in [5, 5.41) is 3.70. The average molecular weight is 459 g/mol. The van der Waals surface area contributed by atoms with Gasteiger partial charge in [-0.25, -0.2) is 9.97 Å². The van der Waals surface area contributed by atoms with Crippen LogP contribution >= 0.6 is 0 Å². The number of carbonyl (C=O) groups is 1. The van der Waals surface area contributed by atoms with E-state index in [-0.39, 0.29) is 17.9 Å². The van der Waals surface area contributed by atoms with Crippen LogP contribution in [0.25, 0.3) is 22.6 Å². The number of amides is 1. The Kier molecular flexibility index (Phi) is 5.55. The molecule has 3 aliphatic rings. The summed E-state index contributed by atoms with van der Waals surface area (Å²) >= 11 is 0. The Morgan fingerprint density at radius 3 is 2.74 bits per heavy atom. The maximum atomic E-state index is 11.7. The molecule has 2 fully saturated rings. The smallest absolute Gasteiger partial charge is 0.217 e. The van der Waals surface area contributed by atoms with E-state index in [2.05, 4.69) is 56.6 Å². The number of fused-ring (bicyclic) bond motifs is 3. The normalized spacial score (nSPS) is 26.4. The molecule has 0 spiro atoms. The summed E-state index contributed by atoms with van der Waals surface area (Å²) in [4.78, 5) is 26.8. The Labute approximate surface area is 198 Å². The van der Waals surface area contributed by atoms with Crippen LogP contribution in [0, 0.1) is 17.8 Å². The Hall–Kier alpha value is -3.23. The van der Waals surface area contributed by atoms with E-state index in [0.717, 1.165) is 61.9 Å². The van der Waals surface area contributed by atoms with Gasteiger partial charge in [-0.3, -0.25) is 9.69 Å². The first-order chi connectivity index (χ1) is 16.6. The van der Waals surface area contributed by atoms with E-state index < -0.39 is 0 Å². The Morgan fingerprint density at radius 1 is 1.15 bits per heavy atom. The molecule has 176 valence electrons. The number of nitrogens with two attached hydrogens (primary N) is 1. The summed E-state index contributed by atoms with van der Waals surface area (Å²) in [7, 11) is 0. The minimum atomic E-state index is -0.237.